The Balaban J connectivity index is 1.46. The van der Waals surface area contributed by atoms with Gasteiger partial charge in [0.2, 0.25) is 5.91 Å². The van der Waals surface area contributed by atoms with Crippen molar-refractivity contribution in [2.75, 3.05) is 18.6 Å². The monoisotopic (exact) mass is 380 g/mol. The molecule has 27 heavy (non-hydrogen) atoms. The molecule has 1 aliphatic rings. The van der Waals surface area contributed by atoms with Crippen LogP contribution in [-0.4, -0.2) is 24.5 Å². The van der Waals surface area contributed by atoms with E-state index < -0.39 is 0 Å². The smallest absolute Gasteiger partial charge is 0.227 e. The molecule has 4 rings (SSSR count). The number of aryl methyl sites for hydroxylation is 2. The molecule has 4 nitrogen and oxygen atoms in total. The van der Waals surface area contributed by atoms with Crippen molar-refractivity contribution in [3.05, 3.63) is 52.5 Å². The van der Waals surface area contributed by atoms with Crippen molar-refractivity contribution in [1.29, 1.82) is 0 Å². The third kappa shape index (κ3) is 3.56. The second-order valence-electron chi connectivity index (χ2n) is 6.99. The minimum atomic E-state index is 0.181. The first-order chi connectivity index (χ1) is 13.2. The Morgan fingerprint density at radius 1 is 1.26 bits per heavy atom. The van der Waals surface area contributed by atoms with Crippen molar-refractivity contribution in [2.45, 2.75) is 39.0 Å². The molecule has 2 heterocycles. The molecule has 1 amide bonds. The van der Waals surface area contributed by atoms with Gasteiger partial charge in [0.25, 0.3) is 0 Å². The summed E-state index contributed by atoms with van der Waals surface area (Å²) in [7, 11) is 1.68. The van der Waals surface area contributed by atoms with Crippen LogP contribution in [0.25, 0.3) is 10.2 Å². The van der Waals surface area contributed by atoms with E-state index in [1.807, 2.05) is 29.2 Å². The van der Waals surface area contributed by atoms with Gasteiger partial charge in [-0.05, 0) is 61.9 Å². The van der Waals surface area contributed by atoms with E-state index in [-0.39, 0.29) is 5.91 Å². The molecule has 0 aliphatic carbocycles. The van der Waals surface area contributed by atoms with Crippen LogP contribution < -0.4 is 9.64 Å². The Labute approximate surface area is 163 Å². The Kier molecular flexibility index (Phi) is 5.12. The highest BCUT2D eigenvalue weighted by molar-refractivity contribution is 7.18. The second-order valence-corrected chi connectivity index (χ2v) is 8.10. The fourth-order valence-electron chi connectivity index (χ4n) is 3.82. The summed E-state index contributed by atoms with van der Waals surface area (Å²) in [5, 5.41) is 1.11. The van der Waals surface area contributed by atoms with Crippen molar-refractivity contribution in [3.63, 3.8) is 0 Å². The zero-order valence-corrected chi connectivity index (χ0v) is 16.6. The van der Waals surface area contributed by atoms with Gasteiger partial charge in [-0.1, -0.05) is 18.2 Å². The summed E-state index contributed by atoms with van der Waals surface area (Å²) in [6, 6.07) is 12.2. The van der Waals surface area contributed by atoms with Gasteiger partial charge in [-0.25, -0.2) is 4.98 Å². The number of benzene rings is 2. The summed E-state index contributed by atoms with van der Waals surface area (Å²) in [6.45, 7) is 2.88. The third-order valence-electron chi connectivity index (χ3n) is 5.20. The van der Waals surface area contributed by atoms with Crippen molar-refractivity contribution < 1.29 is 9.53 Å². The average molecular weight is 381 g/mol. The van der Waals surface area contributed by atoms with Crippen molar-refractivity contribution in [2.24, 2.45) is 0 Å². The maximum absolute atomic E-state index is 13.0. The van der Waals surface area contributed by atoms with E-state index in [0.717, 1.165) is 54.2 Å². The maximum atomic E-state index is 13.0. The largest absolute Gasteiger partial charge is 0.495 e. The molecule has 1 aromatic heterocycles. The number of amides is 1. The summed E-state index contributed by atoms with van der Waals surface area (Å²) in [5.74, 6) is 0.982. The van der Waals surface area contributed by atoms with E-state index in [0.29, 0.717) is 6.42 Å². The highest BCUT2D eigenvalue weighted by Crippen LogP contribution is 2.38. The minimum absolute atomic E-state index is 0.181. The van der Waals surface area contributed by atoms with Gasteiger partial charge in [-0.2, -0.15) is 0 Å². The number of anilines is 1. The molecule has 2 aromatic carbocycles. The summed E-state index contributed by atoms with van der Waals surface area (Å²) in [6.07, 6.45) is 4.21. The van der Waals surface area contributed by atoms with E-state index in [4.69, 9.17) is 4.74 Å². The van der Waals surface area contributed by atoms with Crippen molar-refractivity contribution >= 4 is 33.1 Å². The maximum Gasteiger partial charge on any atom is 0.227 e. The molecule has 0 atom stereocenters. The van der Waals surface area contributed by atoms with Gasteiger partial charge in [0, 0.05) is 13.0 Å². The molecule has 0 fully saturated rings. The number of ether oxygens (including phenoxy) is 1. The quantitative estimate of drug-likeness (QED) is 0.631. The van der Waals surface area contributed by atoms with Gasteiger partial charge in [0.05, 0.1) is 28.0 Å². The fourth-order valence-corrected chi connectivity index (χ4v) is 4.83. The topological polar surface area (TPSA) is 42.4 Å². The number of fused-ring (bicyclic) bond motifs is 2. The second kappa shape index (κ2) is 7.69. The van der Waals surface area contributed by atoms with Crippen LogP contribution in [0.15, 0.2) is 36.4 Å². The van der Waals surface area contributed by atoms with E-state index >= 15 is 0 Å². The first-order valence-electron chi connectivity index (χ1n) is 9.48. The number of hydrogen-bond donors (Lipinski definition) is 0. The molecule has 5 heteroatoms. The van der Waals surface area contributed by atoms with E-state index in [1.165, 1.54) is 15.8 Å². The molecule has 1 aliphatic heterocycles. The van der Waals surface area contributed by atoms with Crippen LogP contribution in [0.2, 0.25) is 0 Å². The van der Waals surface area contributed by atoms with E-state index in [9.17, 15) is 4.79 Å². The van der Waals surface area contributed by atoms with E-state index in [1.54, 1.807) is 18.4 Å². The Morgan fingerprint density at radius 2 is 2.11 bits per heavy atom. The molecule has 0 bridgehead atoms. The van der Waals surface area contributed by atoms with Crippen LogP contribution in [0.5, 0.6) is 5.75 Å². The number of hydrogen-bond acceptors (Lipinski definition) is 4. The SMILES string of the molecule is COc1ccc(C)c2c1N(C(=O)CCCc1nc3ccccc3s1)CCC2. The number of thiazole rings is 1. The lowest BCUT2D eigenvalue weighted by molar-refractivity contribution is -0.118. The van der Waals surface area contributed by atoms with Crippen LogP contribution in [-0.2, 0) is 17.6 Å². The molecular formula is C22H24N2O2S. The van der Waals surface area contributed by atoms with Gasteiger partial charge in [0.15, 0.2) is 0 Å². The van der Waals surface area contributed by atoms with Gasteiger partial charge in [-0.3, -0.25) is 4.79 Å². The number of aromatic nitrogens is 1. The van der Waals surface area contributed by atoms with Gasteiger partial charge in [-0.15, -0.1) is 11.3 Å². The summed E-state index contributed by atoms with van der Waals surface area (Å²) in [4.78, 5) is 19.6. The summed E-state index contributed by atoms with van der Waals surface area (Å²) >= 11 is 1.73. The Bertz CT molecular complexity index is 947. The molecule has 140 valence electrons. The lowest BCUT2D eigenvalue weighted by Gasteiger charge is -2.32. The predicted octanol–water partition coefficient (Wildman–Crippen LogP) is 4.92. The molecule has 0 unspecified atom stereocenters. The molecule has 0 spiro atoms. The molecular weight excluding hydrogens is 356 g/mol. The number of carbonyl (C=O) groups is 1. The zero-order valence-electron chi connectivity index (χ0n) is 15.8. The molecule has 3 aromatic rings. The van der Waals surface area contributed by atoms with E-state index in [2.05, 4.69) is 24.0 Å². The fraction of sp³-hybridized carbons (Fsp3) is 0.364. The number of para-hydroxylation sites is 1. The number of rotatable bonds is 5. The van der Waals surface area contributed by atoms with Gasteiger partial charge >= 0.3 is 0 Å². The Hall–Kier alpha value is -2.40. The normalized spacial score (nSPS) is 13.6. The first-order valence-corrected chi connectivity index (χ1v) is 10.3. The summed E-state index contributed by atoms with van der Waals surface area (Å²) in [5.41, 5.74) is 4.51. The van der Waals surface area contributed by atoms with Crippen LogP contribution in [0.3, 0.4) is 0 Å². The molecule has 0 saturated heterocycles. The number of nitrogens with zero attached hydrogens (tertiary/aromatic N) is 2. The standard InChI is InChI=1S/C22H24N2O2S/c1-15-12-13-18(26-2)22-16(15)7-6-14-24(22)21(25)11-5-10-20-23-17-8-3-4-9-19(17)27-20/h3-4,8-9,12-13H,5-7,10-11,14H2,1-2H3. The molecule has 0 saturated carbocycles. The van der Waals surface area contributed by atoms with Crippen LogP contribution in [0, 0.1) is 6.92 Å². The van der Waals surface area contributed by atoms with Crippen molar-refractivity contribution in [1.82, 2.24) is 4.98 Å². The van der Waals surface area contributed by atoms with Crippen LogP contribution in [0.1, 0.15) is 35.4 Å². The zero-order chi connectivity index (χ0) is 18.8. The molecule has 0 radical (unpaired) electrons. The molecule has 0 N–H and O–H groups in total. The number of carbonyl (C=O) groups excluding carboxylic acids is 1. The number of methoxy groups -OCH3 is 1. The first kappa shape index (κ1) is 18.0. The van der Waals surface area contributed by atoms with Crippen molar-refractivity contribution in [3.8, 4) is 5.75 Å². The van der Waals surface area contributed by atoms with Gasteiger partial charge in [0.1, 0.15) is 5.75 Å². The Morgan fingerprint density at radius 3 is 2.93 bits per heavy atom. The third-order valence-corrected chi connectivity index (χ3v) is 6.29. The minimum Gasteiger partial charge on any atom is -0.495 e. The predicted molar refractivity (Wildman–Crippen MR) is 111 cm³/mol. The van der Waals surface area contributed by atoms with Crippen LogP contribution in [0.4, 0.5) is 5.69 Å². The van der Waals surface area contributed by atoms with Crippen LogP contribution >= 0.6 is 11.3 Å². The highest BCUT2D eigenvalue weighted by Gasteiger charge is 2.26. The lowest BCUT2D eigenvalue weighted by Crippen LogP contribution is -2.36. The van der Waals surface area contributed by atoms with Gasteiger partial charge < -0.3 is 9.64 Å². The highest BCUT2D eigenvalue weighted by atomic mass is 32.1. The lowest BCUT2D eigenvalue weighted by atomic mass is 9.96. The summed E-state index contributed by atoms with van der Waals surface area (Å²) < 4.78 is 6.77. The average Bonchev–Trinajstić information content (AvgIpc) is 3.11.